The fourth-order valence-corrected chi connectivity index (χ4v) is 1.72. The van der Waals surface area contributed by atoms with Crippen LogP contribution in [0.25, 0.3) is 0 Å². The molecular weight excluding hydrogens is 166 g/mol. The molecule has 1 aromatic heterocycles. The van der Waals surface area contributed by atoms with Crippen LogP contribution in [0.1, 0.15) is 25.7 Å². The van der Waals surface area contributed by atoms with Crippen LogP contribution in [0.2, 0.25) is 0 Å². The first-order valence-corrected chi connectivity index (χ1v) is 4.71. The van der Waals surface area contributed by atoms with Crippen molar-refractivity contribution in [2.24, 2.45) is 5.92 Å². The predicted molar refractivity (Wildman–Crippen MR) is 48.0 cm³/mol. The second kappa shape index (κ2) is 3.64. The lowest BCUT2D eigenvalue weighted by atomic mass is 10.1. The van der Waals surface area contributed by atoms with Crippen molar-refractivity contribution in [1.29, 1.82) is 0 Å². The summed E-state index contributed by atoms with van der Waals surface area (Å²) < 4.78 is 1.46. The SMILES string of the molecule is O=C(On1cccc1)C1CCCC1. The summed E-state index contributed by atoms with van der Waals surface area (Å²) in [7, 11) is 0. The van der Waals surface area contributed by atoms with Gasteiger partial charge in [-0.2, -0.15) is 4.73 Å². The number of carbonyl (C=O) groups is 1. The average Bonchev–Trinajstić information content (AvgIpc) is 2.74. The van der Waals surface area contributed by atoms with E-state index in [1.807, 2.05) is 12.1 Å². The third-order valence-electron chi connectivity index (χ3n) is 2.46. The smallest absolute Gasteiger partial charge is 0.335 e. The molecular formula is C10H13NO2. The third kappa shape index (κ3) is 1.91. The number of aromatic nitrogens is 1. The highest BCUT2D eigenvalue weighted by molar-refractivity contribution is 5.72. The van der Waals surface area contributed by atoms with E-state index < -0.39 is 0 Å². The number of rotatable bonds is 2. The number of hydrogen-bond donors (Lipinski definition) is 0. The van der Waals surface area contributed by atoms with Crippen LogP contribution in [0.3, 0.4) is 0 Å². The van der Waals surface area contributed by atoms with Gasteiger partial charge in [0, 0.05) is 12.4 Å². The molecule has 1 fully saturated rings. The van der Waals surface area contributed by atoms with Gasteiger partial charge in [0.15, 0.2) is 0 Å². The van der Waals surface area contributed by atoms with Gasteiger partial charge in [-0.15, -0.1) is 0 Å². The van der Waals surface area contributed by atoms with Crippen LogP contribution in [0, 0.1) is 5.92 Å². The Labute approximate surface area is 77.3 Å². The van der Waals surface area contributed by atoms with Gasteiger partial charge in [0.2, 0.25) is 0 Å². The van der Waals surface area contributed by atoms with E-state index in [2.05, 4.69) is 0 Å². The van der Waals surface area contributed by atoms with Crippen molar-refractivity contribution in [2.45, 2.75) is 25.7 Å². The van der Waals surface area contributed by atoms with Crippen LogP contribution in [0.4, 0.5) is 0 Å². The van der Waals surface area contributed by atoms with Crippen LogP contribution < -0.4 is 4.84 Å². The van der Waals surface area contributed by atoms with Crippen LogP contribution >= 0.6 is 0 Å². The lowest BCUT2D eigenvalue weighted by molar-refractivity contribution is -0.148. The molecule has 0 unspecified atom stereocenters. The van der Waals surface area contributed by atoms with Crippen molar-refractivity contribution in [1.82, 2.24) is 4.73 Å². The molecule has 1 aromatic rings. The minimum absolute atomic E-state index is 0.0892. The summed E-state index contributed by atoms with van der Waals surface area (Å²) in [6, 6.07) is 3.67. The standard InChI is InChI=1S/C10H13NO2/c12-10(9-5-1-2-6-9)13-11-7-3-4-8-11/h3-4,7-9H,1-2,5-6H2. The van der Waals surface area contributed by atoms with E-state index in [0.717, 1.165) is 25.7 Å². The highest BCUT2D eigenvalue weighted by atomic mass is 16.7. The van der Waals surface area contributed by atoms with E-state index in [0.29, 0.717) is 0 Å². The van der Waals surface area contributed by atoms with Crippen molar-refractivity contribution >= 4 is 5.97 Å². The van der Waals surface area contributed by atoms with Gasteiger partial charge in [0.25, 0.3) is 0 Å². The second-order valence-electron chi connectivity index (χ2n) is 3.43. The third-order valence-corrected chi connectivity index (χ3v) is 2.46. The summed E-state index contributed by atoms with van der Waals surface area (Å²) >= 11 is 0. The molecule has 2 rings (SSSR count). The Morgan fingerprint density at radius 3 is 2.46 bits per heavy atom. The van der Waals surface area contributed by atoms with E-state index in [4.69, 9.17) is 4.84 Å². The van der Waals surface area contributed by atoms with Gasteiger partial charge in [-0.25, -0.2) is 4.79 Å². The van der Waals surface area contributed by atoms with Gasteiger partial charge in [0.1, 0.15) is 0 Å². The lowest BCUT2D eigenvalue weighted by Crippen LogP contribution is -2.24. The first-order valence-electron chi connectivity index (χ1n) is 4.71. The summed E-state index contributed by atoms with van der Waals surface area (Å²) in [5.74, 6) is 0.0381. The molecule has 0 spiro atoms. The van der Waals surface area contributed by atoms with Crippen molar-refractivity contribution in [2.75, 3.05) is 0 Å². The Bertz CT molecular complexity index is 273. The molecule has 0 N–H and O–H groups in total. The summed E-state index contributed by atoms with van der Waals surface area (Å²) in [5.41, 5.74) is 0. The molecule has 70 valence electrons. The summed E-state index contributed by atoms with van der Waals surface area (Å²) in [5, 5.41) is 0. The molecule has 3 heteroatoms. The first-order chi connectivity index (χ1) is 6.36. The molecule has 0 amide bonds. The quantitative estimate of drug-likeness (QED) is 0.691. The maximum atomic E-state index is 11.5. The van der Waals surface area contributed by atoms with E-state index in [9.17, 15) is 4.79 Å². The van der Waals surface area contributed by atoms with E-state index in [-0.39, 0.29) is 11.9 Å². The molecule has 1 heterocycles. The molecule has 0 radical (unpaired) electrons. The fourth-order valence-electron chi connectivity index (χ4n) is 1.72. The Hall–Kier alpha value is -1.25. The molecule has 0 saturated heterocycles. The largest absolute Gasteiger partial charge is 0.337 e. The maximum Gasteiger partial charge on any atom is 0.335 e. The minimum Gasteiger partial charge on any atom is -0.337 e. The Balaban J connectivity index is 1.91. The zero-order chi connectivity index (χ0) is 9.10. The van der Waals surface area contributed by atoms with E-state index in [1.54, 1.807) is 12.4 Å². The predicted octanol–water partition coefficient (Wildman–Crippen LogP) is 1.63. The molecule has 0 aliphatic heterocycles. The molecule has 1 aliphatic carbocycles. The number of hydrogen-bond acceptors (Lipinski definition) is 2. The van der Waals surface area contributed by atoms with Gasteiger partial charge in [-0.3, -0.25) is 0 Å². The monoisotopic (exact) mass is 179 g/mol. The maximum absolute atomic E-state index is 11.5. The van der Waals surface area contributed by atoms with Gasteiger partial charge >= 0.3 is 5.97 Å². The van der Waals surface area contributed by atoms with Gasteiger partial charge in [-0.05, 0) is 25.0 Å². The molecule has 13 heavy (non-hydrogen) atoms. The van der Waals surface area contributed by atoms with Crippen molar-refractivity contribution in [3.8, 4) is 0 Å². The highest BCUT2D eigenvalue weighted by Crippen LogP contribution is 2.24. The molecule has 0 atom stereocenters. The Kier molecular flexibility index (Phi) is 2.34. The number of nitrogens with zero attached hydrogens (tertiary/aromatic N) is 1. The summed E-state index contributed by atoms with van der Waals surface area (Å²) in [6.45, 7) is 0. The first kappa shape index (κ1) is 8.35. The summed E-state index contributed by atoms with van der Waals surface area (Å²) in [4.78, 5) is 16.6. The molecule has 0 aromatic carbocycles. The van der Waals surface area contributed by atoms with Gasteiger partial charge in [-0.1, -0.05) is 12.8 Å². The topological polar surface area (TPSA) is 31.2 Å². The van der Waals surface area contributed by atoms with Crippen LogP contribution in [-0.2, 0) is 4.79 Å². The van der Waals surface area contributed by atoms with E-state index in [1.165, 1.54) is 4.73 Å². The second-order valence-corrected chi connectivity index (χ2v) is 3.43. The number of carbonyl (C=O) groups excluding carboxylic acids is 1. The Morgan fingerprint density at radius 1 is 1.23 bits per heavy atom. The van der Waals surface area contributed by atoms with Crippen LogP contribution in [0.15, 0.2) is 24.5 Å². The molecule has 1 aliphatic rings. The zero-order valence-electron chi connectivity index (χ0n) is 7.48. The molecule has 3 nitrogen and oxygen atoms in total. The highest BCUT2D eigenvalue weighted by Gasteiger charge is 2.24. The molecule has 0 bridgehead atoms. The minimum atomic E-state index is -0.0892. The van der Waals surface area contributed by atoms with Gasteiger partial charge < -0.3 is 4.84 Å². The summed E-state index contributed by atoms with van der Waals surface area (Å²) in [6.07, 6.45) is 7.75. The van der Waals surface area contributed by atoms with Crippen molar-refractivity contribution < 1.29 is 9.63 Å². The normalized spacial score (nSPS) is 17.5. The van der Waals surface area contributed by atoms with Crippen LogP contribution in [-0.4, -0.2) is 10.7 Å². The lowest BCUT2D eigenvalue weighted by Gasteiger charge is -2.08. The Morgan fingerprint density at radius 2 is 1.85 bits per heavy atom. The fraction of sp³-hybridized carbons (Fsp3) is 0.500. The van der Waals surface area contributed by atoms with Crippen LogP contribution in [0.5, 0.6) is 0 Å². The average molecular weight is 179 g/mol. The van der Waals surface area contributed by atoms with E-state index >= 15 is 0 Å². The van der Waals surface area contributed by atoms with Gasteiger partial charge in [0.05, 0.1) is 5.92 Å². The zero-order valence-corrected chi connectivity index (χ0v) is 7.48. The van der Waals surface area contributed by atoms with Crippen molar-refractivity contribution in [3.63, 3.8) is 0 Å². The van der Waals surface area contributed by atoms with Crippen molar-refractivity contribution in [3.05, 3.63) is 24.5 Å². The molecule has 1 saturated carbocycles.